The summed E-state index contributed by atoms with van der Waals surface area (Å²) in [7, 11) is 0. The van der Waals surface area contributed by atoms with Crippen LogP contribution in [0.1, 0.15) is 0 Å². The number of aliphatic hydroxyl groups is 1. The molecular formula is C9H16F3NO3. The van der Waals surface area contributed by atoms with E-state index in [0.29, 0.717) is 32.8 Å². The van der Waals surface area contributed by atoms with Crippen LogP contribution in [0.15, 0.2) is 0 Å². The number of nitrogens with zero attached hydrogens (tertiary/aromatic N) is 1. The lowest BCUT2D eigenvalue weighted by Crippen LogP contribution is -2.42. The highest BCUT2D eigenvalue weighted by atomic mass is 19.4. The summed E-state index contributed by atoms with van der Waals surface area (Å²) in [5.74, 6) is 0. The van der Waals surface area contributed by atoms with Gasteiger partial charge in [-0.1, -0.05) is 0 Å². The van der Waals surface area contributed by atoms with Gasteiger partial charge in [0.05, 0.1) is 25.9 Å². The summed E-state index contributed by atoms with van der Waals surface area (Å²) in [4.78, 5) is 1.94. The third-order valence-corrected chi connectivity index (χ3v) is 2.15. The van der Waals surface area contributed by atoms with Crippen molar-refractivity contribution < 1.29 is 27.8 Å². The fourth-order valence-electron chi connectivity index (χ4n) is 1.45. The number of ether oxygens (including phenoxy) is 2. The second-order valence-corrected chi connectivity index (χ2v) is 3.70. The number of alkyl halides is 3. The van der Waals surface area contributed by atoms with Gasteiger partial charge in [0.2, 0.25) is 0 Å². The number of hydrogen-bond donors (Lipinski definition) is 1. The molecule has 7 heteroatoms. The molecule has 1 atom stereocenters. The van der Waals surface area contributed by atoms with Crippen LogP contribution >= 0.6 is 0 Å². The molecule has 0 aromatic heterocycles. The number of β-amino-alcohol motifs (C(OH)–C–C–N with tert-alkyl or cyclic N) is 1. The van der Waals surface area contributed by atoms with Crippen molar-refractivity contribution in [3.63, 3.8) is 0 Å². The second-order valence-electron chi connectivity index (χ2n) is 3.70. The van der Waals surface area contributed by atoms with Crippen LogP contribution in [0, 0.1) is 0 Å². The zero-order chi connectivity index (χ0) is 12.0. The van der Waals surface area contributed by atoms with E-state index in [2.05, 4.69) is 4.74 Å². The number of halogens is 3. The van der Waals surface area contributed by atoms with E-state index in [1.807, 2.05) is 4.90 Å². The van der Waals surface area contributed by atoms with Gasteiger partial charge >= 0.3 is 6.18 Å². The van der Waals surface area contributed by atoms with E-state index in [1.54, 1.807) is 0 Å². The van der Waals surface area contributed by atoms with Crippen molar-refractivity contribution in [3.8, 4) is 0 Å². The molecule has 1 fully saturated rings. The van der Waals surface area contributed by atoms with Crippen LogP contribution in [-0.2, 0) is 9.47 Å². The van der Waals surface area contributed by atoms with Gasteiger partial charge in [-0.3, -0.25) is 4.90 Å². The number of aliphatic hydroxyl groups excluding tert-OH is 1. The van der Waals surface area contributed by atoms with E-state index in [9.17, 15) is 18.3 Å². The molecule has 1 aliphatic heterocycles. The first-order chi connectivity index (χ1) is 7.47. The molecule has 0 amide bonds. The van der Waals surface area contributed by atoms with E-state index in [0.717, 1.165) is 0 Å². The van der Waals surface area contributed by atoms with Gasteiger partial charge in [0, 0.05) is 19.6 Å². The monoisotopic (exact) mass is 243 g/mol. The molecule has 1 saturated heterocycles. The minimum atomic E-state index is -4.33. The summed E-state index contributed by atoms with van der Waals surface area (Å²) in [5.41, 5.74) is 0. The predicted molar refractivity (Wildman–Crippen MR) is 50.1 cm³/mol. The van der Waals surface area contributed by atoms with Crippen molar-refractivity contribution >= 4 is 0 Å². The number of hydrogen-bond acceptors (Lipinski definition) is 4. The largest absolute Gasteiger partial charge is 0.411 e. The highest BCUT2D eigenvalue weighted by Crippen LogP contribution is 2.14. The zero-order valence-electron chi connectivity index (χ0n) is 8.87. The quantitative estimate of drug-likeness (QED) is 0.752. The van der Waals surface area contributed by atoms with E-state index >= 15 is 0 Å². The SMILES string of the molecule is OC(COCC(F)(F)F)CN1CCOCC1. The van der Waals surface area contributed by atoms with E-state index in [1.165, 1.54) is 0 Å². The van der Waals surface area contributed by atoms with E-state index in [4.69, 9.17) is 4.74 Å². The zero-order valence-corrected chi connectivity index (χ0v) is 8.87. The Balaban J connectivity index is 2.08. The average molecular weight is 243 g/mol. The van der Waals surface area contributed by atoms with Crippen molar-refractivity contribution in [1.29, 1.82) is 0 Å². The van der Waals surface area contributed by atoms with Crippen molar-refractivity contribution in [2.45, 2.75) is 12.3 Å². The van der Waals surface area contributed by atoms with Crippen LogP contribution in [0.3, 0.4) is 0 Å². The summed E-state index contributed by atoms with van der Waals surface area (Å²) >= 11 is 0. The molecule has 0 saturated carbocycles. The van der Waals surface area contributed by atoms with Gasteiger partial charge in [0.1, 0.15) is 6.61 Å². The lowest BCUT2D eigenvalue weighted by atomic mass is 10.3. The lowest BCUT2D eigenvalue weighted by molar-refractivity contribution is -0.179. The van der Waals surface area contributed by atoms with Crippen molar-refractivity contribution in [3.05, 3.63) is 0 Å². The van der Waals surface area contributed by atoms with Crippen LogP contribution in [0.25, 0.3) is 0 Å². The lowest BCUT2D eigenvalue weighted by Gasteiger charge is -2.28. The number of rotatable bonds is 5. The Bertz CT molecular complexity index is 195. The fourth-order valence-corrected chi connectivity index (χ4v) is 1.45. The van der Waals surface area contributed by atoms with Crippen LogP contribution in [0.5, 0.6) is 0 Å². The van der Waals surface area contributed by atoms with Gasteiger partial charge in [0.25, 0.3) is 0 Å². The molecule has 0 bridgehead atoms. The molecule has 0 radical (unpaired) electrons. The minimum Gasteiger partial charge on any atom is -0.389 e. The maximum atomic E-state index is 11.7. The van der Waals surface area contributed by atoms with Crippen LogP contribution in [-0.4, -0.2) is 68.3 Å². The van der Waals surface area contributed by atoms with Gasteiger partial charge in [-0.2, -0.15) is 13.2 Å². The standard InChI is InChI=1S/C9H16F3NO3/c10-9(11,12)7-16-6-8(14)5-13-1-3-15-4-2-13/h8,14H,1-7H2. The van der Waals surface area contributed by atoms with E-state index in [-0.39, 0.29) is 6.61 Å². The van der Waals surface area contributed by atoms with E-state index < -0.39 is 18.9 Å². The Morgan fingerprint density at radius 1 is 1.31 bits per heavy atom. The maximum absolute atomic E-state index is 11.7. The molecular weight excluding hydrogens is 227 g/mol. The molecule has 1 rings (SSSR count). The molecule has 1 unspecified atom stereocenters. The van der Waals surface area contributed by atoms with Gasteiger partial charge in [-0.25, -0.2) is 0 Å². The third-order valence-electron chi connectivity index (χ3n) is 2.15. The summed E-state index contributed by atoms with van der Waals surface area (Å²) in [6.07, 6.45) is -5.22. The van der Waals surface area contributed by atoms with Gasteiger partial charge in [-0.15, -0.1) is 0 Å². The Labute approximate surface area is 91.9 Å². The van der Waals surface area contributed by atoms with Gasteiger partial charge in [-0.05, 0) is 0 Å². The van der Waals surface area contributed by atoms with Crippen molar-refractivity contribution in [2.75, 3.05) is 46.1 Å². The summed E-state index contributed by atoms with van der Waals surface area (Å²) in [6, 6.07) is 0. The maximum Gasteiger partial charge on any atom is 0.411 e. The molecule has 1 N–H and O–H groups in total. The topological polar surface area (TPSA) is 41.9 Å². The first-order valence-corrected chi connectivity index (χ1v) is 5.10. The summed E-state index contributed by atoms with van der Waals surface area (Å²) < 4.78 is 44.7. The summed E-state index contributed by atoms with van der Waals surface area (Å²) in [5, 5.41) is 9.42. The molecule has 16 heavy (non-hydrogen) atoms. The second kappa shape index (κ2) is 6.39. The molecule has 4 nitrogen and oxygen atoms in total. The first-order valence-electron chi connectivity index (χ1n) is 5.10. The van der Waals surface area contributed by atoms with Crippen LogP contribution in [0.4, 0.5) is 13.2 Å². The Kier molecular flexibility index (Phi) is 5.47. The minimum absolute atomic E-state index is 0.295. The highest BCUT2D eigenvalue weighted by molar-refractivity contribution is 4.67. The number of morpholine rings is 1. The smallest absolute Gasteiger partial charge is 0.389 e. The molecule has 1 heterocycles. The molecule has 0 spiro atoms. The predicted octanol–water partition coefficient (Wildman–Crippen LogP) is 0.258. The molecule has 1 aliphatic rings. The van der Waals surface area contributed by atoms with Gasteiger partial charge < -0.3 is 14.6 Å². The van der Waals surface area contributed by atoms with Crippen molar-refractivity contribution in [2.24, 2.45) is 0 Å². The van der Waals surface area contributed by atoms with Crippen LogP contribution in [0.2, 0.25) is 0 Å². The first kappa shape index (κ1) is 13.7. The normalized spacial score (nSPS) is 21.0. The Hall–Kier alpha value is -0.370. The average Bonchev–Trinajstić information content (AvgIpc) is 2.17. The fraction of sp³-hybridized carbons (Fsp3) is 1.00. The van der Waals surface area contributed by atoms with Crippen molar-refractivity contribution in [1.82, 2.24) is 4.90 Å². The third kappa shape index (κ3) is 6.26. The van der Waals surface area contributed by atoms with Crippen LogP contribution < -0.4 is 0 Å². The Morgan fingerprint density at radius 3 is 2.50 bits per heavy atom. The molecule has 0 aliphatic carbocycles. The Morgan fingerprint density at radius 2 is 1.94 bits per heavy atom. The molecule has 96 valence electrons. The molecule has 0 aromatic rings. The highest BCUT2D eigenvalue weighted by Gasteiger charge is 2.28. The molecule has 0 aromatic carbocycles. The summed E-state index contributed by atoms with van der Waals surface area (Å²) in [6.45, 7) is 1.28. The van der Waals surface area contributed by atoms with Gasteiger partial charge in [0.15, 0.2) is 0 Å².